The van der Waals surface area contributed by atoms with Gasteiger partial charge in [0, 0.05) is 10.4 Å². The third-order valence-electron chi connectivity index (χ3n) is 2.82. The highest BCUT2D eigenvalue weighted by molar-refractivity contribution is 9.09. The summed E-state index contributed by atoms with van der Waals surface area (Å²) >= 11 is 3.46. The van der Waals surface area contributed by atoms with Crippen molar-refractivity contribution in [1.29, 1.82) is 0 Å². The topological polar surface area (TPSA) is 0 Å². The number of halogens is 3. The van der Waals surface area contributed by atoms with Crippen LogP contribution in [0.5, 0.6) is 0 Å². The van der Waals surface area contributed by atoms with Crippen molar-refractivity contribution in [1.82, 2.24) is 0 Å². The Labute approximate surface area is 104 Å². The van der Waals surface area contributed by atoms with Gasteiger partial charge in [-0.15, -0.1) is 0 Å². The molecular formula is C13H17BrF2. The zero-order valence-corrected chi connectivity index (χ0v) is 11.4. The molecule has 0 N–H and O–H groups in total. The second kappa shape index (κ2) is 5.76. The Hall–Kier alpha value is -0.440. The molecule has 1 aromatic carbocycles. The van der Waals surface area contributed by atoms with Crippen molar-refractivity contribution < 1.29 is 8.78 Å². The Balaban J connectivity index is 2.99. The molecule has 90 valence electrons. The Bertz CT molecular complexity index is 363. The van der Waals surface area contributed by atoms with Gasteiger partial charge in [0.15, 0.2) is 0 Å². The van der Waals surface area contributed by atoms with E-state index in [4.69, 9.17) is 0 Å². The third kappa shape index (κ3) is 3.03. The minimum absolute atomic E-state index is 0.123. The number of aryl methyl sites for hydroxylation is 1. The number of alkyl halides is 1. The van der Waals surface area contributed by atoms with E-state index in [0.717, 1.165) is 12.8 Å². The minimum Gasteiger partial charge on any atom is -0.207 e. The van der Waals surface area contributed by atoms with Crippen molar-refractivity contribution in [3.63, 3.8) is 0 Å². The summed E-state index contributed by atoms with van der Waals surface area (Å²) in [6, 6.07) is 2.56. The van der Waals surface area contributed by atoms with Crippen molar-refractivity contribution >= 4 is 15.9 Å². The predicted molar refractivity (Wildman–Crippen MR) is 66.8 cm³/mol. The van der Waals surface area contributed by atoms with Gasteiger partial charge in [0.1, 0.15) is 11.6 Å². The average molecular weight is 291 g/mol. The molecule has 0 aliphatic heterocycles. The summed E-state index contributed by atoms with van der Waals surface area (Å²) in [5.41, 5.74) is 0.771. The van der Waals surface area contributed by atoms with Crippen molar-refractivity contribution in [2.45, 2.75) is 38.4 Å². The molecule has 0 fully saturated rings. The fraction of sp³-hybridized carbons (Fsp3) is 0.538. The maximum Gasteiger partial charge on any atom is 0.128 e. The van der Waals surface area contributed by atoms with E-state index in [-0.39, 0.29) is 16.5 Å². The molecule has 1 aromatic rings. The minimum atomic E-state index is -0.343. The van der Waals surface area contributed by atoms with Gasteiger partial charge in [-0.25, -0.2) is 8.78 Å². The number of hydrogen-bond donors (Lipinski definition) is 0. The zero-order valence-electron chi connectivity index (χ0n) is 9.86. The maximum atomic E-state index is 13.7. The molecule has 0 aliphatic rings. The van der Waals surface area contributed by atoms with Gasteiger partial charge in [-0.1, -0.05) is 36.2 Å². The molecular weight excluding hydrogens is 274 g/mol. The van der Waals surface area contributed by atoms with E-state index in [9.17, 15) is 8.78 Å². The van der Waals surface area contributed by atoms with Crippen LogP contribution in [0.15, 0.2) is 12.1 Å². The molecule has 16 heavy (non-hydrogen) atoms. The summed E-state index contributed by atoms with van der Waals surface area (Å²) in [5, 5.41) is 0. The molecule has 2 unspecified atom stereocenters. The molecule has 3 heteroatoms. The van der Waals surface area contributed by atoms with Crippen LogP contribution in [-0.4, -0.2) is 0 Å². The van der Waals surface area contributed by atoms with Gasteiger partial charge < -0.3 is 0 Å². The first-order valence-electron chi connectivity index (χ1n) is 5.57. The van der Waals surface area contributed by atoms with Gasteiger partial charge in [-0.3, -0.25) is 0 Å². The molecule has 2 atom stereocenters. The van der Waals surface area contributed by atoms with Crippen LogP contribution in [0, 0.1) is 24.5 Å². The smallest absolute Gasteiger partial charge is 0.128 e. The molecule has 1 rings (SSSR count). The van der Waals surface area contributed by atoms with E-state index in [0.29, 0.717) is 17.0 Å². The van der Waals surface area contributed by atoms with Crippen molar-refractivity contribution in [3.8, 4) is 0 Å². The van der Waals surface area contributed by atoms with Gasteiger partial charge in [0.25, 0.3) is 0 Å². The van der Waals surface area contributed by atoms with Crippen molar-refractivity contribution in [3.05, 3.63) is 34.9 Å². The molecule has 0 aromatic heterocycles. The fourth-order valence-corrected chi connectivity index (χ4v) is 2.40. The molecule has 0 bridgehead atoms. The highest BCUT2D eigenvalue weighted by atomic mass is 79.9. The highest BCUT2D eigenvalue weighted by Gasteiger charge is 2.20. The van der Waals surface area contributed by atoms with E-state index in [2.05, 4.69) is 22.9 Å². The number of hydrogen-bond acceptors (Lipinski definition) is 0. The first-order valence-corrected chi connectivity index (χ1v) is 6.48. The van der Waals surface area contributed by atoms with Crippen LogP contribution in [0.25, 0.3) is 0 Å². The lowest BCUT2D eigenvalue weighted by atomic mass is 9.95. The largest absolute Gasteiger partial charge is 0.207 e. The second-order valence-electron chi connectivity index (χ2n) is 4.29. The standard InChI is InChI=1S/C13H17BrF2/c1-4-5-8(2)13(14)10-7-11(15)9(3)6-12(10)16/h6-8,13H,4-5H2,1-3H3. The van der Waals surface area contributed by atoms with Crippen LogP contribution >= 0.6 is 15.9 Å². The zero-order chi connectivity index (χ0) is 12.3. The van der Waals surface area contributed by atoms with Crippen molar-refractivity contribution in [2.75, 3.05) is 0 Å². The molecule has 0 aliphatic carbocycles. The van der Waals surface area contributed by atoms with Gasteiger partial charge in [-0.05, 0) is 37.0 Å². The Morgan fingerprint density at radius 2 is 1.88 bits per heavy atom. The second-order valence-corrected chi connectivity index (χ2v) is 5.28. The number of rotatable bonds is 4. The van der Waals surface area contributed by atoms with E-state index in [1.807, 2.05) is 6.92 Å². The summed E-state index contributed by atoms with van der Waals surface area (Å²) in [4.78, 5) is -0.123. The van der Waals surface area contributed by atoms with Gasteiger partial charge in [0.05, 0.1) is 0 Å². The fourth-order valence-electron chi connectivity index (χ4n) is 1.78. The molecule has 0 spiro atoms. The van der Waals surface area contributed by atoms with Crippen molar-refractivity contribution in [2.24, 2.45) is 5.92 Å². The highest BCUT2D eigenvalue weighted by Crippen LogP contribution is 2.35. The van der Waals surface area contributed by atoms with E-state index >= 15 is 0 Å². The lowest BCUT2D eigenvalue weighted by Gasteiger charge is -2.19. The van der Waals surface area contributed by atoms with E-state index in [1.54, 1.807) is 6.92 Å². The van der Waals surface area contributed by atoms with Crippen LogP contribution < -0.4 is 0 Å². The monoisotopic (exact) mass is 290 g/mol. The third-order valence-corrected chi connectivity index (χ3v) is 4.21. The first kappa shape index (κ1) is 13.6. The quantitative estimate of drug-likeness (QED) is 0.673. The summed E-state index contributed by atoms with van der Waals surface area (Å²) < 4.78 is 27.1. The Morgan fingerprint density at radius 3 is 2.44 bits per heavy atom. The summed E-state index contributed by atoms with van der Waals surface area (Å²) in [6.07, 6.45) is 2.03. The molecule has 0 nitrogen and oxygen atoms in total. The van der Waals surface area contributed by atoms with Gasteiger partial charge >= 0.3 is 0 Å². The van der Waals surface area contributed by atoms with Crippen LogP contribution in [0.3, 0.4) is 0 Å². The SMILES string of the molecule is CCCC(C)C(Br)c1cc(F)c(C)cc1F. The lowest BCUT2D eigenvalue weighted by Crippen LogP contribution is -2.06. The van der Waals surface area contributed by atoms with E-state index in [1.165, 1.54) is 12.1 Å². The normalized spacial score (nSPS) is 14.9. The Kier molecular flexibility index (Phi) is 4.90. The summed E-state index contributed by atoms with van der Waals surface area (Å²) in [6.45, 7) is 5.70. The molecule has 0 saturated heterocycles. The molecule has 0 amide bonds. The van der Waals surface area contributed by atoms with Crippen LogP contribution in [0.1, 0.15) is 42.6 Å². The van der Waals surface area contributed by atoms with Gasteiger partial charge in [-0.2, -0.15) is 0 Å². The molecule has 0 saturated carbocycles. The maximum absolute atomic E-state index is 13.7. The average Bonchev–Trinajstić information content (AvgIpc) is 2.23. The molecule has 0 heterocycles. The summed E-state index contributed by atoms with van der Waals surface area (Å²) in [7, 11) is 0. The van der Waals surface area contributed by atoms with Crippen LogP contribution in [0.2, 0.25) is 0 Å². The molecule has 0 radical (unpaired) electrons. The first-order chi connectivity index (χ1) is 7.47. The summed E-state index contributed by atoms with van der Waals surface area (Å²) in [5.74, 6) is -0.380. The number of benzene rings is 1. The van der Waals surface area contributed by atoms with Gasteiger partial charge in [0.2, 0.25) is 0 Å². The van der Waals surface area contributed by atoms with Crippen LogP contribution in [0.4, 0.5) is 8.78 Å². The predicted octanol–water partition coefficient (Wildman–Crippen LogP) is 5.15. The lowest BCUT2D eigenvalue weighted by molar-refractivity contribution is 0.495. The van der Waals surface area contributed by atoms with E-state index < -0.39 is 0 Å². The Morgan fingerprint density at radius 1 is 1.25 bits per heavy atom. The van der Waals surface area contributed by atoms with Crippen LogP contribution in [-0.2, 0) is 0 Å².